The second-order valence-corrected chi connectivity index (χ2v) is 4.72. The summed E-state index contributed by atoms with van der Waals surface area (Å²) >= 11 is 0. The van der Waals surface area contributed by atoms with Gasteiger partial charge >= 0.3 is 0 Å². The van der Waals surface area contributed by atoms with E-state index in [0.717, 1.165) is 30.6 Å². The first-order valence-electron chi connectivity index (χ1n) is 6.79. The Kier molecular flexibility index (Phi) is 6.36. The first kappa shape index (κ1) is 15.5. The SMILES string of the molecule is CCCCC(N)C(=O)N[C@H](C)c1ccccc1OC. The number of amides is 1. The zero-order valence-corrected chi connectivity index (χ0v) is 12.0. The summed E-state index contributed by atoms with van der Waals surface area (Å²) in [6, 6.07) is 7.12. The van der Waals surface area contributed by atoms with E-state index in [0.29, 0.717) is 0 Å². The number of nitrogens with two attached hydrogens (primary N) is 1. The van der Waals surface area contributed by atoms with Crippen LogP contribution in [0.2, 0.25) is 0 Å². The minimum atomic E-state index is -0.433. The van der Waals surface area contributed by atoms with Crippen molar-refractivity contribution in [3.8, 4) is 5.75 Å². The van der Waals surface area contributed by atoms with Crippen LogP contribution in [0.1, 0.15) is 44.7 Å². The van der Waals surface area contributed by atoms with Gasteiger partial charge in [0.05, 0.1) is 19.2 Å². The summed E-state index contributed by atoms with van der Waals surface area (Å²) in [5.74, 6) is 0.671. The van der Waals surface area contributed by atoms with Crippen LogP contribution in [0.15, 0.2) is 24.3 Å². The van der Waals surface area contributed by atoms with E-state index in [-0.39, 0.29) is 11.9 Å². The predicted molar refractivity (Wildman–Crippen MR) is 77.1 cm³/mol. The standard InChI is InChI=1S/C15H24N2O2/c1-4-5-9-13(16)15(18)17-11(2)12-8-6-7-10-14(12)19-3/h6-8,10-11,13H,4-5,9,16H2,1-3H3,(H,17,18)/t11-,13?/m1/s1. The summed E-state index contributed by atoms with van der Waals surface area (Å²) in [6.45, 7) is 4.02. The summed E-state index contributed by atoms with van der Waals surface area (Å²) in [5, 5.41) is 2.94. The van der Waals surface area contributed by atoms with Crippen molar-refractivity contribution in [1.82, 2.24) is 5.32 Å². The Morgan fingerprint density at radius 2 is 2.11 bits per heavy atom. The smallest absolute Gasteiger partial charge is 0.237 e. The van der Waals surface area contributed by atoms with Crippen molar-refractivity contribution in [2.45, 2.75) is 45.2 Å². The van der Waals surface area contributed by atoms with Crippen LogP contribution in [-0.4, -0.2) is 19.1 Å². The van der Waals surface area contributed by atoms with Gasteiger partial charge in [0.2, 0.25) is 5.91 Å². The number of rotatable bonds is 7. The molecule has 0 spiro atoms. The minimum Gasteiger partial charge on any atom is -0.496 e. The molecule has 0 aliphatic rings. The number of ether oxygens (including phenoxy) is 1. The van der Waals surface area contributed by atoms with Gasteiger partial charge in [0, 0.05) is 5.56 Å². The number of hydrogen-bond donors (Lipinski definition) is 2. The highest BCUT2D eigenvalue weighted by Gasteiger charge is 2.17. The van der Waals surface area contributed by atoms with Crippen LogP contribution >= 0.6 is 0 Å². The van der Waals surface area contributed by atoms with Gasteiger partial charge in [-0.3, -0.25) is 4.79 Å². The predicted octanol–water partition coefficient (Wildman–Crippen LogP) is 2.39. The Morgan fingerprint density at radius 3 is 2.74 bits per heavy atom. The molecule has 1 amide bonds. The Balaban J connectivity index is 2.63. The third-order valence-corrected chi connectivity index (χ3v) is 3.17. The Hall–Kier alpha value is -1.55. The molecule has 2 atom stereocenters. The number of benzene rings is 1. The summed E-state index contributed by atoms with van der Waals surface area (Å²) in [7, 11) is 1.63. The molecule has 106 valence electrons. The molecule has 1 rings (SSSR count). The van der Waals surface area contributed by atoms with E-state index in [1.807, 2.05) is 31.2 Å². The summed E-state index contributed by atoms with van der Waals surface area (Å²) in [5.41, 5.74) is 6.82. The van der Waals surface area contributed by atoms with Crippen molar-refractivity contribution < 1.29 is 9.53 Å². The maximum atomic E-state index is 12.0. The topological polar surface area (TPSA) is 64.4 Å². The summed E-state index contributed by atoms with van der Waals surface area (Å²) in [4.78, 5) is 12.0. The first-order chi connectivity index (χ1) is 9.10. The third kappa shape index (κ3) is 4.56. The molecule has 0 heterocycles. The zero-order valence-electron chi connectivity index (χ0n) is 12.0. The molecule has 0 aromatic heterocycles. The van der Waals surface area contributed by atoms with Gasteiger partial charge in [-0.1, -0.05) is 38.0 Å². The lowest BCUT2D eigenvalue weighted by Crippen LogP contribution is -2.41. The lowest BCUT2D eigenvalue weighted by atomic mass is 10.1. The van der Waals surface area contributed by atoms with Crippen LogP contribution in [0.3, 0.4) is 0 Å². The average Bonchev–Trinajstić information content (AvgIpc) is 2.44. The highest BCUT2D eigenvalue weighted by atomic mass is 16.5. The van der Waals surface area contributed by atoms with Gasteiger partial charge in [0.25, 0.3) is 0 Å². The Morgan fingerprint density at radius 1 is 1.42 bits per heavy atom. The molecule has 0 aliphatic heterocycles. The van der Waals surface area contributed by atoms with E-state index in [1.165, 1.54) is 0 Å². The van der Waals surface area contributed by atoms with E-state index >= 15 is 0 Å². The fraction of sp³-hybridized carbons (Fsp3) is 0.533. The Labute approximate surface area is 115 Å². The van der Waals surface area contributed by atoms with Gasteiger partial charge in [0.1, 0.15) is 5.75 Å². The van der Waals surface area contributed by atoms with Gasteiger partial charge in [-0.2, -0.15) is 0 Å². The van der Waals surface area contributed by atoms with Crippen LogP contribution in [-0.2, 0) is 4.79 Å². The normalized spacial score (nSPS) is 13.7. The largest absolute Gasteiger partial charge is 0.496 e. The molecule has 0 bridgehead atoms. The maximum Gasteiger partial charge on any atom is 0.237 e. The van der Waals surface area contributed by atoms with E-state index in [1.54, 1.807) is 7.11 Å². The van der Waals surface area contributed by atoms with Crippen LogP contribution in [0.5, 0.6) is 5.75 Å². The fourth-order valence-corrected chi connectivity index (χ4v) is 1.98. The van der Waals surface area contributed by atoms with Gasteiger partial charge < -0.3 is 15.8 Å². The van der Waals surface area contributed by atoms with Crippen LogP contribution in [0, 0.1) is 0 Å². The molecular formula is C15H24N2O2. The van der Waals surface area contributed by atoms with Crippen LogP contribution in [0.25, 0.3) is 0 Å². The number of hydrogen-bond acceptors (Lipinski definition) is 3. The first-order valence-corrected chi connectivity index (χ1v) is 6.79. The number of nitrogens with one attached hydrogen (secondary N) is 1. The van der Waals surface area contributed by atoms with Crippen LogP contribution in [0.4, 0.5) is 0 Å². The zero-order chi connectivity index (χ0) is 14.3. The average molecular weight is 264 g/mol. The van der Waals surface area contributed by atoms with Crippen molar-refractivity contribution in [3.05, 3.63) is 29.8 Å². The quantitative estimate of drug-likeness (QED) is 0.794. The van der Waals surface area contributed by atoms with E-state index in [4.69, 9.17) is 10.5 Å². The molecule has 3 N–H and O–H groups in total. The maximum absolute atomic E-state index is 12.0. The van der Waals surface area contributed by atoms with Gasteiger partial charge in [0.15, 0.2) is 0 Å². The van der Waals surface area contributed by atoms with E-state index in [9.17, 15) is 4.79 Å². The number of methoxy groups -OCH3 is 1. The van der Waals surface area contributed by atoms with Crippen molar-refractivity contribution in [3.63, 3.8) is 0 Å². The lowest BCUT2D eigenvalue weighted by molar-refractivity contribution is -0.123. The number of carbonyl (C=O) groups is 1. The fourth-order valence-electron chi connectivity index (χ4n) is 1.98. The third-order valence-electron chi connectivity index (χ3n) is 3.17. The van der Waals surface area contributed by atoms with Crippen molar-refractivity contribution in [2.24, 2.45) is 5.73 Å². The molecule has 0 radical (unpaired) electrons. The summed E-state index contributed by atoms with van der Waals surface area (Å²) in [6.07, 6.45) is 2.74. The number of unbranched alkanes of at least 4 members (excludes halogenated alkanes) is 1. The minimum absolute atomic E-state index is 0.105. The molecule has 4 heteroatoms. The number of para-hydroxylation sites is 1. The lowest BCUT2D eigenvalue weighted by Gasteiger charge is -2.19. The van der Waals surface area contributed by atoms with Gasteiger partial charge in [-0.15, -0.1) is 0 Å². The Bertz CT molecular complexity index is 407. The molecule has 19 heavy (non-hydrogen) atoms. The molecule has 1 aromatic carbocycles. The molecule has 0 saturated heterocycles. The van der Waals surface area contributed by atoms with Crippen molar-refractivity contribution in [1.29, 1.82) is 0 Å². The molecule has 0 aliphatic carbocycles. The van der Waals surface area contributed by atoms with E-state index in [2.05, 4.69) is 12.2 Å². The second kappa shape index (κ2) is 7.79. The molecule has 0 fully saturated rings. The number of carbonyl (C=O) groups excluding carboxylic acids is 1. The highest BCUT2D eigenvalue weighted by molar-refractivity contribution is 5.81. The molecule has 0 saturated carbocycles. The summed E-state index contributed by atoms with van der Waals surface area (Å²) < 4.78 is 5.29. The monoisotopic (exact) mass is 264 g/mol. The molecule has 1 aromatic rings. The highest BCUT2D eigenvalue weighted by Crippen LogP contribution is 2.24. The van der Waals surface area contributed by atoms with E-state index < -0.39 is 6.04 Å². The van der Waals surface area contributed by atoms with Crippen LogP contribution < -0.4 is 15.8 Å². The molecule has 4 nitrogen and oxygen atoms in total. The van der Waals surface area contributed by atoms with Gasteiger partial charge in [-0.25, -0.2) is 0 Å². The van der Waals surface area contributed by atoms with Crippen molar-refractivity contribution in [2.75, 3.05) is 7.11 Å². The molecular weight excluding hydrogens is 240 g/mol. The van der Waals surface area contributed by atoms with Gasteiger partial charge in [-0.05, 0) is 19.4 Å². The van der Waals surface area contributed by atoms with Crippen molar-refractivity contribution >= 4 is 5.91 Å². The second-order valence-electron chi connectivity index (χ2n) is 4.72. The molecule has 1 unspecified atom stereocenters.